The molecule has 0 aromatic heterocycles. The summed E-state index contributed by atoms with van der Waals surface area (Å²) in [5.74, 6) is -2.02. The molecule has 37 heavy (non-hydrogen) atoms. The van der Waals surface area contributed by atoms with Gasteiger partial charge in [0.2, 0.25) is 0 Å². The summed E-state index contributed by atoms with van der Waals surface area (Å²) in [4.78, 5) is 57.6. The number of nitro benzene ring substituents is 2. The lowest BCUT2D eigenvalue weighted by atomic mass is 9.91. The quantitative estimate of drug-likeness (QED) is 0.0758. The van der Waals surface area contributed by atoms with Gasteiger partial charge in [0.15, 0.2) is 5.78 Å². The molecule has 0 unspecified atom stereocenters. The summed E-state index contributed by atoms with van der Waals surface area (Å²) in [6.45, 7) is 0. The number of nitro groups is 2. The van der Waals surface area contributed by atoms with Crippen molar-refractivity contribution in [2.24, 2.45) is 0 Å². The van der Waals surface area contributed by atoms with Gasteiger partial charge in [-0.05, 0) is 29.8 Å². The molecule has 3 aromatic carbocycles. The number of alkyl halides is 1. The Kier molecular flexibility index (Phi) is 9.16. The molecule has 12 heteroatoms. The zero-order valence-electron chi connectivity index (χ0n) is 19.1. The minimum Gasteiger partial charge on any atom is -0.427 e. The van der Waals surface area contributed by atoms with Crippen molar-refractivity contribution in [2.75, 3.05) is 5.33 Å². The summed E-state index contributed by atoms with van der Waals surface area (Å²) >= 11 is 3.11. The molecular weight excluding hydrogens is 552 g/mol. The van der Waals surface area contributed by atoms with Gasteiger partial charge in [-0.15, -0.1) is 0 Å². The Morgan fingerprint density at radius 3 is 1.46 bits per heavy atom. The van der Waals surface area contributed by atoms with Crippen molar-refractivity contribution in [1.29, 1.82) is 0 Å². The summed E-state index contributed by atoms with van der Waals surface area (Å²) < 4.78 is 10.6. The average Bonchev–Trinajstić information content (AvgIpc) is 2.88. The van der Waals surface area contributed by atoms with Crippen LogP contribution in [0.25, 0.3) is 0 Å². The van der Waals surface area contributed by atoms with Crippen molar-refractivity contribution in [3.63, 3.8) is 0 Å². The maximum atomic E-state index is 12.6. The van der Waals surface area contributed by atoms with Crippen molar-refractivity contribution >= 4 is 45.0 Å². The van der Waals surface area contributed by atoms with Gasteiger partial charge >= 0.3 is 11.9 Å². The van der Waals surface area contributed by atoms with E-state index in [4.69, 9.17) is 9.47 Å². The number of benzene rings is 3. The summed E-state index contributed by atoms with van der Waals surface area (Å²) in [5.41, 5.74) is 0.697. The van der Waals surface area contributed by atoms with Crippen molar-refractivity contribution in [3.05, 3.63) is 104 Å². The van der Waals surface area contributed by atoms with Crippen LogP contribution in [0, 0.1) is 20.2 Å². The van der Waals surface area contributed by atoms with Crippen LogP contribution in [-0.2, 0) is 9.59 Å². The molecule has 0 spiro atoms. The third-order valence-corrected chi connectivity index (χ3v) is 5.72. The fourth-order valence-electron chi connectivity index (χ4n) is 3.35. The Hall–Kier alpha value is -4.45. The zero-order chi connectivity index (χ0) is 26.9. The van der Waals surface area contributed by atoms with Gasteiger partial charge in [0, 0.05) is 35.7 Å². The van der Waals surface area contributed by atoms with Gasteiger partial charge in [0.1, 0.15) is 11.5 Å². The maximum absolute atomic E-state index is 12.6. The maximum Gasteiger partial charge on any atom is 0.311 e. The molecule has 0 heterocycles. The van der Waals surface area contributed by atoms with Crippen LogP contribution < -0.4 is 9.47 Å². The van der Waals surface area contributed by atoms with E-state index in [2.05, 4.69) is 15.9 Å². The van der Waals surface area contributed by atoms with E-state index in [9.17, 15) is 34.6 Å². The Morgan fingerprint density at radius 1 is 0.703 bits per heavy atom. The summed E-state index contributed by atoms with van der Waals surface area (Å²) in [5, 5.41) is 21.7. The first-order chi connectivity index (χ1) is 17.7. The number of hydrogen-bond acceptors (Lipinski definition) is 9. The normalized spacial score (nSPS) is 10.5. The lowest BCUT2D eigenvalue weighted by Crippen LogP contribution is -2.18. The highest BCUT2D eigenvalue weighted by atomic mass is 79.9. The van der Waals surface area contributed by atoms with Gasteiger partial charge in [-0.3, -0.25) is 34.6 Å². The van der Waals surface area contributed by atoms with Crippen LogP contribution in [0.2, 0.25) is 0 Å². The Labute approximate surface area is 218 Å². The number of Topliss-reactive ketones (excluding diaryl/α,β-unsaturated/α-hetero) is 1. The smallest absolute Gasteiger partial charge is 0.311 e. The first kappa shape index (κ1) is 27.1. The molecule has 0 bridgehead atoms. The topological polar surface area (TPSA) is 156 Å². The molecule has 0 aliphatic heterocycles. The highest BCUT2D eigenvalue weighted by Crippen LogP contribution is 2.27. The van der Waals surface area contributed by atoms with Crippen LogP contribution in [0.4, 0.5) is 11.4 Å². The standard InChI is InChI=1S/C25H19BrN2O9/c26-15-23(29)17-3-1-16(2-4-17)18(13-24(30)36-21-9-5-19(6-10-21)27(32)33)14-25(31)37-22-11-7-20(8-12-22)28(34)35/h1-12,18H,13-15H2. The molecule has 0 radical (unpaired) electrons. The first-order valence-electron chi connectivity index (χ1n) is 10.8. The van der Waals surface area contributed by atoms with Crippen LogP contribution in [0.1, 0.15) is 34.7 Å². The van der Waals surface area contributed by atoms with Gasteiger partial charge in [-0.1, -0.05) is 40.2 Å². The molecule has 3 rings (SSSR count). The van der Waals surface area contributed by atoms with Crippen LogP contribution in [0.3, 0.4) is 0 Å². The van der Waals surface area contributed by atoms with E-state index >= 15 is 0 Å². The predicted octanol–water partition coefficient (Wildman–Crippen LogP) is 5.16. The minimum absolute atomic E-state index is 0.0982. The first-order valence-corrected chi connectivity index (χ1v) is 11.9. The van der Waals surface area contributed by atoms with Gasteiger partial charge in [0.05, 0.1) is 28.0 Å². The van der Waals surface area contributed by atoms with E-state index in [1.807, 2.05) is 0 Å². The molecule has 0 N–H and O–H groups in total. The zero-order valence-corrected chi connectivity index (χ0v) is 20.7. The second-order valence-corrected chi connectivity index (χ2v) is 8.29. The minimum atomic E-state index is -0.692. The summed E-state index contributed by atoms with van der Waals surface area (Å²) in [7, 11) is 0. The number of esters is 2. The fraction of sp³-hybridized carbons (Fsp3) is 0.160. The second-order valence-electron chi connectivity index (χ2n) is 7.73. The molecule has 11 nitrogen and oxygen atoms in total. The van der Waals surface area contributed by atoms with Crippen molar-refractivity contribution < 1.29 is 33.7 Å². The van der Waals surface area contributed by atoms with E-state index in [-0.39, 0.29) is 46.8 Å². The summed E-state index contributed by atoms with van der Waals surface area (Å²) in [6.07, 6.45) is -0.476. The van der Waals surface area contributed by atoms with Crippen LogP contribution in [-0.4, -0.2) is 32.9 Å². The number of carbonyl (C=O) groups is 3. The van der Waals surface area contributed by atoms with Crippen LogP contribution in [0.15, 0.2) is 72.8 Å². The van der Waals surface area contributed by atoms with Crippen LogP contribution in [0.5, 0.6) is 11.5 Å². The van der Waals surface area contributed by atoms with Gasteiger partial charge in [-0.25, -0.2) is 0 Å². The van der Waals surface area contributed by atoms with Crippen molar-refractivity contribution in [2.45, 2.75) is 18.8 Å². The van der Waals surface area contributed by atoms with Gasteiger partial charge < -0.3 is 9.47 Å². The molecule has 3 aromatic rings. The number of hydrogen-bond donors (Lipinski definition) is 0. The Balaban J connectivity index is 1.75. The van der Waals surface area contributed by atoms with E-state index in [1.165, 1.54) is 48.5 Å². The average molecular weight is 571 g/mol. The molecule has 0 aliphatic rings. The number of rotatable bonds is 11. The number of halogens is 1. The lowest BCUT2D eigenvalue weighted by molar-refractivity contribution is -0.385. The van der Waals surface area contributed by atoms with E-state index in [0.717, 1.165) is 0 Å². The molecule has 0 aliphatic carbocycles. The predicted molar refractivity (Wildman–Crippen MR) is 134 cm³/mol. The molecule has 190 valence electrons. The molecule has 0 amide bonds. The molecule has 0 atom stereocenters. The van der Waals surface area contributed by atoms with Crippen molar-refractivity contribution in [1.82, 2.24) is 0 Å². The SMILES string of the molecule is O=C(CC(CC(=O)Oc1ccc([N+](=O)[O-])cc1)c1ccc(C(=O)CBr)cc1)Oc1ccc([N+](=O)[O-])cc1. The van der Waals surface area contributed by atoms with E-state index in [1.54, 1.807) is 24.3 Å². The van der Waals surface area contributed by atoms with Gasteiger partial charge in [0.25, 0.3) is 11.4 Å². The number of ether oxygens (including phenoxy) is 2. The molecule has 0 fully saturated rings. The second kappa shape index (κ2) is 12.5. The fourth-order valence-corrected chi connectivity index (χ4v) is 3.67. The highest BCUT2D eigenvalue weighted by molar-refractivity contribution is 9.09. The highest BCUT2D eigenvalue weighted by Gasteiger charge is 2.23. The largest absolute Gasteiger partial charge is 0.427 e. The lowest BCUT2D eigenvalue weighted by Gasteiger charge is -2.17. The van der Waals surface area contributed by atoms with E-state index < -0.39 is 27.7 Å². The number of nitrogens with zero attached hydrogens (tertiary/aromatic N) is 2. The number of non-ortho nitro benzene ring substituents is 2. The third-order valence-electron chi connectivity index (χ3n) is 5.21. The van der Waals surface area contributed by atoms with Crippen LogP contribution >= 0.6 is 15.9 Å². The molecule has 0 saturated heterocycles. The monoisotopic (exact) mass is 570 g/mol. The van der Waals surface area contributed by atoms with E-state index in [0.29, 0.717) is 11.1 Å². The molecule has 0 saturated carbocycles. The number of carbonyl (C=O) groups excluding carboxylic acids is 3. The summed E-state index contributed by atoms with van der Waals surface area (Å²) in [6, 6.07) is 16.3. The third kappa shape index (κ3) is 7.77. The molecular formula is C25H19BrN2O9. The Morgan fingerprint density at radius 2 is 1.11 bits per heavy atom. The van der Waals surface area contributed by atoms with Crippen molar-refractivity contribution in [3.8, 4) is 11.5 Å². The number of ketones is 1. The Bertz CT molecular complexity index is 1230. The van der Waals surface area contributed by atoms with Gasteiger partial charge in [-0.2, -0.15) is 0 Å².